The highest BCUT2D eigenvalue weighted by atomic mass is 19.4. The van der Waals surface area contributed by atoms with Gasteiger partial charge in [0.25, 0.3) is 5.91 Å². The van der Waals surface area contributed by atoms with E-state index >= 15 is 0 Å². The quantitative estimate of drug-likeness (QED) is 0.652. The maximum Gasteiger partial charge on any atom is 0.416 e. The van der Waals surface area contributed by atoms with Crippen LogP contribution in [-0.4, -0.2) is 15.9 Å². The molecule has 0 aliphatic rings. The summed E-state index contributed by atoms with van der Waals surface area (Å²) in [5.74, 6) is -1.06. The van der Waals surface area contributed by atoms with E-state index in [9.17, 15) is 22.4 Å². The van der Waals surface area contributed by atoms with Crippen molar-refractivity contribution in [3.8, 4) is 0 Å². The first-order chi connectivity index (χ1) is 12.8. The lowest BCUT2D eigenvalue weighted by Crippen LogP contribution is -2.14. The molecule has 0 saturated heterocycles. The van der Waals surface area contributed by atoms with E-state index in [1.807, 2.05) is 0 Å². The van der Waals surface area contributed by atoms with Crippen molar-refractivity contribution in [3.63, 3.8) is 0 Å². The summed E-state index contributed by atoms with van der Waals surface area (Å²) in [6.07, 6.45) is -3.18. The second-order valence-electron chi connectivity index (χ2n) is 5.43. The Morgan fingerprint density at radius 1 is 0.963 bits per heavy atom. The number of halogens is 4. The first kappa shape index (κ1) is 18.3. The molecule has 0 saturated carbocycles. The molecule has 5 nitrogen and oxygen atoms in total. The van der Waals surface area contributed by atoms with Crippen molar-refractivity contribution in [3.05, 3.63) is 77.9 Å². The van der Waals surface area contributed by atoms with Gasteiger partial charge in [-0.1, -0.05) is 6.07 Å². The predicted molar refractivity (Wildman–Crippen MR) is 91.1 cm³/mol. The van der Waals surface area contributed by atoms with Crippen LogP contribution in [0.5, 0.6) is 0 Å². The summed E-state index contributed by atoms with van der Waals surface area (Å²) in [4.78, 5) is 20.1. The van der Waals surface area contributed by atoms with E-state index in [0.717, 1.165) is 12.1 Å². The van der Waals surface area contributed by atoms with Gasteiger partial charge < -0.3 is 10.6 Å². The van der Waals surface area contributed by atoms with Crippen LogP contribution in [-0.2, 0) is 6.18 Å². The molecular formula is C18H12F4N4O. The number of hydrogen-bond acceptors (Lipinski definition) is 4. The van der Waals surface area contributed by atoms with Crippen molar-refractivity contribution in [1.82, 2.24) is 9.97 Å². The second-order valence-corrected chi connectivity index (χ2v) is 5.43. The average Bonchev–Trinajstić information content (AvgIpc) is 2.63. The fourth-order valence-electron chi connectivity index (χ4n) is 2.18. The van der Waals surface area contributed by atoms with Crippen LogP contribution in [0.25, 0.3) is 0 Å². The number of nitrogens with zero attached hydrogens (tertiary/aromatic N) is 2. The van der Waals surface area contributed by atoms with E-state index in [1.165, 1.54) is 48.7 Å². The molecule has 0 radical (unpaired) electrons. The lowest BCUT2D eigenvalue weighted by molar-refractivity contribution is -0.137. The predicted octanol–water partition coefficient (Wildman–Crippen LogP) is 4.63. The van der Waals surface area contributed by atoms with Crippen molar-refractivity contribution in [1.29, 1.82) is 0 Å². The Labute approximate surface area is 151 Å². The zero-order chi connectivity index (χ0) is 19.4. The van der Waals surface area contributed by atoms with Gasteiger partial charge in [-0.05, 0) is 48.5 Å². The number of rotatable bonds is 4. The molecule has 0 unspecified atom stereocenters. The lowest BCUT2D eigenvalue weighted by atomic mass is 10.2. The summed E-state index contributed by atoms with van der Waals surface area (Å²) in [5.41, 5.74) is -0.338. The molecule has 0 bridgehead atoms. The summed E-state index contributed by atoms with van der Waals surface area (Å²) < 4.78 is 51.2. The molecule has 9 heteroatoms. The first-order valence-corrected chi connectivity index (χ1v) is 7.65. The van der Waals surface area contributed by atoms with E-state index in [0.29, 0.717) is 5.69 Å². The summed E-state index contributed by atoms with van der Waals surface area (Å²) in [7, 11) is 0. The highest BCUT2D eigenvalue weighted by Gasteiger charge is 2.30. The third-order valence-corrected chi connectivity index (χ3v) is 3.44. The van der Waals surface area contributed by atoms with Crippen LogP contribution in [0, 0.1) is 5.82 Å². The smallest absolute Gasteiger partial charge is 0.324 e. The van der Waals surface area contributed by atoms with Crippen LogP contribution in [0.2, 0.25) is 0 Å². The topological polar surface area (TPSA) is 66.9 Å². The van der Waals surface area contributed by atoms with Gasteiger partial charge in [0.15, 0.2) is 0 Å². The van der Waals surface area contributed by atoms with Gasteiger partial charge in [0.1, 0.15) is 11.5 Å². The van der Waals surface area contributed by atoms with Gasteiger partial charge in [-0.25, -0.2) is 14.4 Å². The number of anilines is 3. The molecular weight excluding hydrogens is 364 g/mol. The summed E-state index contributed by atoms with van der Waals surface area (Å²) >= 11 is 0. The molecule has 27 heavy (non-hydrogen) atoms. The Hall–Kier alpha value is -3.49. The molecule has 0 aliphatic carbocycles. The fraction of sp³-hybridized carbons (Fsp3) is 0.0556. The van der Waals surface area contributed by atoms with Crippen LogP contribution < -0.4 is 10.6 Å². The minimum absolute atomic E-state index is 0.0104. The molecule has 1 amide bonds. The Balaban J connectivity index is 1.75. The molecule has 0 aliphatic heterocycles. The third-order valence-electron chi connectivity index (χ3n) is 3.44. The van der Waals surface area contributed by atoms with Gasteiger partial charge in [-0.3, -0.25) is 4.79 Å². The molecule has 0 spiro atoms. The zero-order valence-electron chi connectivity index (χ0n) is 13.6. The van der Waals surface area contributed by atoms with Crippen LogP contribution in [0.4, 0.5) is 34.9 Å². The molecule has 3 rings (SSSR count). The first-order valence-electron chi connectivity index (χ1n) is 7.65. The second kappa shape index (κ2) is 7.40. The highest BCUT2D eigenvalue weighted by Crippen LogP contribution is 2.31. The Morgan fingerprint density at radius 2 is 1.70 bits per heavy atom. The largest absolute Gasteiger partial charge is 0.416 e. The monoisotopic (exact) mass is 376 g/mol. The average molecular weight is 376 g/mol. The Morgan fingerprint density at radius 3 is 2.41 bits per heavy atom. The summed E-state index contributed by atoms with van der Waals surface area (Å²) in [6.45, 7) is 0. The van der Waals surface area contributed by atoms with Gasteiger partial charge in [-0.15, -0.1) is 0 Å². The standard InChI is InChI=1S/C18H12F4N4O/c19-12-4-6-13(7-5-12)24-16(27)15-8-9-23-17(26-15)25-14-3-1-2-11(10-14)18(20,21)22/h1-10H,(H,24,27)(H,23,25,26). The Bertz CT molecular complexity index is 958. The van der Waals surface area contributed by atoms with Crippen LogP contribution in [0.3, 0.4) is 0 Å². The summed E-state index contributed by atoms with van der Waals surface area (Å²) in [6, 6.07) is 11.0. The number of amides is 1. The van der Waals surface area contributed by atoms with Crippen molar-refractivity contribution >= 4 is 23.2 Å². The van der Waals surface area contributed by atoms with Crippen molar-refractivity contribution in [2.45, 2.75) is 6.18 Å². The third kappa shape index (κ3) is 4.78. The van der Waals surface area contributed by atoms with E-state index in [4.69, 9.17) is 0 Å². The number of carbonyl (C=O) groups excluding carboxylic acids is 1. The lowest BCUT2D eigenvalue weighted by Gasteiger charge is -2.10. The van der Waals surface area contributed by atoms with Crippen molar-refractivity contribution in [2.24, 2.45) is 0 Å². The van der Waals surface area contributed by atoms with Gasteiger partial charge in [0.05, 0.1) is 5.56 Å². The summed E-state index contributed by atoms with van der Waals surface area (Å²) in [5, 5.41) is 5.16. The fourth-order valence-corrected chi connectivity index (χ4v) is 2.18. The molecule has 1 aromatic heterocycles. The van der Waals surface area contributed by atoms with Gasteiger partial charge in [0, 0.05) is 17.6 Å². The number of benzene rings is 2. The molecule has 138 valence electrons. The van der Waals surface area contributed by atoms with Crippen LogP contribution >= 0.6 is 0 Å². The van der Waals surface area contributed by atoms with Crippen molar-refractivity contribution in [2.75, 3.05) is 10.6 Å². The number of alkyl halides is 3. The maximum absolute atomic E-state index is 12.9. The molecule has 3 aromatic rings. The number of hydrogen-bond donors (Lipinski definition) is 2. The normalized spacial score (nSPS) is 11.1. The van der Waals surface area contributed by atoms with E-state index in [1.54, 1.807) is 0 Å². The molecule has 2 aromatic carbocycles. The number of nitrogens with one attached hydrogen (secondary N) is 2. The molecule has 1 heterocycles. The number of aromatic nitrogens is 2. The molecule has 0 atom stereocenters. The minimum atomic E-state index is -4.48. The molecule has 0 fully saturated rings. The van der Waals surface area contributed by atoms with Crippen molar-refractivity contribution < 1.29 is 22.4 Å². The van der Waals surface area contributed by atoms with Crippen LogP contribution in [0.1, 0.15) is 16.1 Å². The highest BCUT2D eigenvalue weighted by molar-refractivity contribution is 6.02. The van der Waals surface area contributed by atoms with E-state index in [-0.39, 0.29) is 17.3 Å². The molecule has 2 N–H and O–H groups in total. The minimum Gasteiger partial charge on any atom is -0.324 e. The van der Waals surface area contributed by atoms with Gasteiger partial charge in [-0.2, -0.15) is 13.2 Å². The van der Waals surface area contributed by atoms with Gasteiger partial charge in [0.2, 0.25) is 5.95 Å². The Kier molecular flexibility index (Phi) is 5.02. The van der Waals surface area contributed by atoms with E-state index < -0.39 is 23.5 Å². The SMILES string of the molecule is O=C(Nc1ccc(F)cc1)c1ccnc(Nc2cccc(C(F)(F)F)c2)n1. The zero-order valence-corrected chi connectivity index (χ0v) is 13.6. The van der Waals surface area contributed by atoms with E-state index in [2.05, 4.69) is 20.6 Å². The number of carbonyl (C=O) groups is 1. The van der Waals surface area contributed by atoms with Crippen LogP contribution in [0.15, 0.2) is 60.8 Å². The maximum atomic E-state index is 12.9. The van der Waals surface area contributed by atoms with Gasteiger partial charge >= 0.3 is 6.18 Å².